The molecule has 0 heterocycles. The SMILES string of the molecule is CC(C)c1ccccc1Oc1[c]c(CO)ccc1. The lowest BCUT2D eigenvalue weighted by Gasteiger charge is -2.13. The lowest BCUT2D eigenvalue weighted by atomic mass is 10.0. The van der Waals surface area contributed by atoms with Gasteiger partial charge in [-0.15, -0.1) is 0 Å². The molecule has 1 radical (unpaired) electrons. The highest BCUT2D eigenvalue weighted by Gasteiger charge is 2.08. The van der Waals surface area contributed by atoms with Gasteiger partial charge in [0.05, 0.1) is 6.61 Å². The summed E-state index contributed by atoms with van der Waals surface area (Å²) in [6.07, 6.45) is 0. The fraction of sp³-hybridized carbons (Fsp3) is 0.250. The normalized spacial score (nSPS) is 10.7. The van der Waals surface area contributed by atoms with Crippen LogP contribution in [0.4, 0.5) is 0 Å². The Labute approximate surface area is 108 Å². The molecule has 0 amide bonds. The number of hydrogen-bond donors (Lipinski definition) is 1. The zero-order chi connectivity index (χ0) is 13.0. The van der Waals surface area contributed by atoms with Crippen LogP contribution in [0.3, 0.4) is 0 Å². The quantitative estimate of drug-likeness (QED) is 0.879. The smallest absolute Gasteiger partial charge is 0.135 e. The molecule has 0 aromatic heterocycles. The maximum Gasteiger partial charge on any atom is 0.135 e. The van der Waals surface area contributed by atoms with E-state index in [0.717, 1.165) is 11.3 Å². The van der Waals surface area contributed by atoms with Crippen molar-refractivity contribution in [2.45, 2.75) is 26.4 Å². The van der Waals surface area contributed by atoms with Gasteiger partial charge < -0.3 is 9.84 Å². The van der Waals surface area contributed by atoms with Crippen LogP contribution in [-0.2, 0) is 6.61 Å². The van der Waals surface area contributed by atoms with Gasteiger partial charge in [-0.05, 0) is 29.2 Å². The fourth-order valence-electron chi connectivity index (χ4n) is 1.81. The topological polar surface area (TPSA) is 29.5 Å². The molecular weight excluding hydrogens is 224 g/mol. The Kier molecular flexibility index (Phi) is 4.00. The van der Waals surface area contributed by atoms with E-state index in [4.69, 9.17) is 9.84 Å². The maximum atomic E-state index is 9.08. The molecule has 18 heavy (non-hydrogen) atoms. The second-order valence-electron chi connectivity index (χ2n) is 4.49. The van der Waals surface area contributed by atoms with Gasteiger partial charge >= 0.3 is 0 Å². The summed E-state index contributed by atoms with van der Waals surface area (Å²) in [4.78, 5) is 0. The van der Waals surface area contributed by atoms with Crippen molar-refractivity contribution in [3.05, 3.63) is 59.7 Å². The van der Waals surface area contributed by atoms with Gasteiger partial charge in [0, 0.05) is 6.07 Å². The summed E-state index contributed by atoms with van der Waals surface area (Å²) in [6, 6.07) is 16.5. The third kappa shape index (κ3) is 2.90. The summed E-state index contributed by atoms with van der Waals surface area (Å²) in [7, 11) is 0. The minimum atomic E-state index is -0.0248. The number of hydrogen-bond acceptors (Lipinski definition) is 2. The fourth-order valence-corrected chi connectivity index (χ4v) is 1.81. The summed E-state index contributed by atoms with van der Waals surface area (Å²) in [5, 5.41) is 9.08. The van der Waals surface area contributed by atoms with Crippen molar-refractivity contribution in [2.75, 3.05) is 0 Å². The monoisotopic (exact) mass is 241 g/mol. The summed E-state index contributed by atoms with van der Waals surface area (Å²) in [5.74, 6) is 1.88. The van der Waals surface area contributed by atoms with E-state index in [1.54, 1.807) is 0 Å². The summed E-state index contributed by atoms with van der Waals surface area (Å²) in [5.41, 5.74) is 1.90. The van der Waals surface area contributed by atoms with Gasteiger partial charge in [0.2, 0.25) is 0 Å². The van der Waals surface area contributed by atoms with Crippen molar-refractivity contribution >= 4 is 0 Å². The molecule has 0 fully saturated rings. The third-order valence-electron chi connectivity index (χ3n) is 2.76. The van der Waals surface area contributed by atoms with E-state index in [1.165, 1.54) is 5.56 Å². The van der Waals surface area contributed by atoms with Crippen molar-refractivity contribution in [2.24, 2.45) is 0 Å². The number of rotatable bonds is 4. The average Bonchev–Trinajstić information content (AvgIpc) is 2.39. The highest BCUT2D eigenvalue weighted by Crippen LogP contribution is 2.30. The molecule has 0 aliphatic rings. The summed E-state index contributed by atoms with van der Waals surface area (Å²) >= 11 is 0. The zero-order valence-electron chi connectivity index (χ0n) is 10.7. The van der Waals surface area contributed by atoms with Crippen LogP contribution in [0, 0.1) is 6.07 Å². The molecule has 1 N–H and O–H groups in total. The number of ether oxygens (including phenoxy) is 1. The van der Waals surface area contributed by atoms with E-state index in [0.29, 0.717) is 11.7 Å². The molecule has 0 spiro atoms. The second kappa shape index (κ2) is 5.69. The first-order chi connectivity index (χ1) is 8.70. The Balaban J connectivity index is 2.28. The Morgan fingerprint density at radius 2 is 1.89 bits per heavy atom. The molecule has 0 unspecified atom stereocenters. The van der Waals surface area contributed by atoms with E-state index in [-0.39, 0.29) is 6.61 Å². The van der Waals surface area contributed by atoms with E-state index in [9.17, 15) is 0 Å². The van der Waals surface area contributed by atoms with Crippen LogP contribution in [0.1, 0.15) is 30.9 Å². The lowest BCUT2D eigenvalue weighted by molar-refractivity contribution is 0.281. The highest BCUT2D eigenvalue weighted by atomic mass is 16.5. The van der Waals surface area contributed by atoms with E-state index < -0.39 is 0 Å². The Morgan fingerprint density at radius 3 is 2.61 bits per heavy atom. The minimum Gasteiger partial charge on any atom is -0.456 e. The van der Waals surface area contributed by atoms with E-state index in [2.05, 4.69) is 26.0 Å². The molecule has 2 aromatic rings. The molecule has 0 aliphatic carbocycles. The van der Waals surface area contributed by atoms with E-state index >= 15 is 0 Å². The van der Waals surface area contributed by atoms with Crippen LogP contribution >= 0.6 is 0 Å². The van der Waals surface area contributed by atoms with Crippen LogP contribution in [0.5, 0.6) is 11.5 Å². The number of benzene rings is 2. The molecule has 2 aromatic carbocycles. The van der Waals surface area contributed by atoms with Gasteiger partial charge in [0.1, 0.15) is 11.5 Å². The van der Waals surface area contributed by atoms with Crippen molar-refractivity contribution in [1.82, 2.24) is 0 Å². The van der Waals surface area contributed by atoms with Gasteiger partial charge in [0.15, 0.2) is 0 Å². The first-order valence-corrected chi connectivity index (χ1v) is 6.09. The Morgan fingerprint density at radius 1 is 1.11 bits per heavy atom. The molecule has 2 rings (SSSR count). The van der Waals surface area contributed by atoms with Crippen LogP contribution in [0.2, 0.25) is 0 Å². The van der Waals surface area contributed by atoms with Gasteiger partial charge in [-0.25, -0.2) is 0 Å². The van der Waals surface area contributed by atoms with Crippen molar-refractivity contribution < 1.29 is 9.84 Å². The maximum absolute atomic E-state index is 9.08. The molecular formula is C16H17O2. The molecule has 93 valence electrons. The van der Waals surface area contributed by atoms with Crippen LogP contribution < -0.4 is 4.74 Å². The van der Waals surface area contributed by atoms with Gasteiger partial charge in [-0.2, -0.15) is 0 Å². The number of para-hydroxylation sites is 1. The molecule has 0 atom stereocenters. The molecule has 0 saturated heterocycles. The number of aliphatic hydroxyl groups is 1. The average molecular weight is 241 g/mol. The van der Waals surface area contributed by atoms with Crippen molar-refractivity contribution in [3.8, 4) is 11.5 Å². The Hall–Kier alpha value is -1.80. The molecule has 0 aliphatic heterocycles. The van der Waals surface area contributed by atoms with E-state index in [1.807, 2.05) is 36.4 Å². The molecule has 0 saturated carbocycles. The predicted octanol–water partition coefficient (Wildman–Crippen LogP) is 3.89. The molecule has 2 heteroatoms. The van der Waals surface area contributed by atoms with Crippen LogP contribution in [-0.4, -0.2) is 5.11 Å². The largest absolute Gasteiger partial charge is 0.456 e. The molecule has 0 bridgehead atoms. The van der Waals surface area contributed by atoms with Crippen molar-refractivity contribution in [3.63, 3.8) is 0 Å². The van der Waals surface area contributed by atoms with Gasteiger partial charge in [0.25, 0.3) is 0 Å². The predicted molar refractivity (Wildman–Crippen MR) is 71.8 cm³/mol. The van der Waals surface area contributed by atoms with Crippen LogP contribution in [0.15, 0.2) is 42.5 Å². The van der Waals surface area contributed by atoms with Gasteiger partial charge in [-0.3, -0.25) is 0 Å². The lowest BCUT2D eigenvalue weighted by Crippen LogP contribution is -1.94. The Bertz CT molecular complexity index is 518. The second-order valence-corrected chi connectivity index (χ2v) is 4.49. The zero-order valence-corrected chi connectivity index (χ0v) is 10.7. The van der Waals surface area contributed by atoms with Crippen molar-refractivity contribution in [1.29, 1.82) is 0 Å². The molecule has 2 nitrogen and oxygen atoms in total. The standard InChI is InChI=1S/C16H17O2/c1-12(2)15-8-3-4-9-16(15)18-14-7-5-6-13(10-14)11-17/h3-9,12,17H,11H2,1-2H3. The first-order valence-electron chi connectivity index (χ1n) is 6.09. The summed E-state index contributed by atoms with van der Waals surface area (Å²) in [6.45, 7) is 4.25. The minimum absolute atomic E-state index is 0.0248. The highest BCUT2D eigenvalue weighted by molar-refractivity contribution is 5.39. The third-order valence-corrected chi connectivity index (χ3v) is 2.76. The van der Waals surface area contributed by atoms with Gasteiger partial charge in [-0.1, -0.05) is 44.2 Å². The number of aliphatic hydroxyl groups excluding tert-OH is 1. The summed E-state index contributed by atoms with van der Waals surface area (Å²) < 4.78 is 5.85. The van der Waals surface area contributed by atoms with Crippen LogP contribution in [0.25, 0.3) is 0 Å². The first kappa shape index (κ1) is 12.7.